The Morgan fingerprint density at radius 2 is 2.09 bits per heavy atom. The molecule has 9 nitrogen and oxygen atoms in total. The van der Waals surface area contributed by atoms with Crippen molar-refractivity contribution in [1.82, 2.24) is 10.2 Å². The van der Waals surface area contributed by atoms with E-state index in [4.69, 9.17) is 11.6 Å². The van der Waals surface area contributed by atoms with E-state index in [2.05, 4.69) is 15.5 Å². The van der Waals surface area contributed by atoms with Gasteiger partial charge in [-0.15, -0.1) is 10.2 Å². The highest BCUT2D eigenvalue weighted by atomic mass is 35.5. The summed E-state index contributed by atoms with van der Waals surface area (Å²) in [6, 6.07) is 11.6. The van der Waals surface area contributed by atoms with Crippen LogP contribution in [0.3, 0.4) is 0 Å². The number of benzene rings is 2. The first-order valence-electron chi connectivity index (χ1n) is 9.84. The molecule has 2 aromatic carbocycles. The van der Waals surface area contributed by atoms with E-state index in [9.17, 15) is 19.7 Å². The van der Waals surface area contributed by atoms with Crippen LogP contribution in [0.4, 0.5) is 16.5 Å². The second-order valence-electron chi connectivity index (χ2n) is 7.21. The van der Waals surface area contributed by atoms with E-state index in [0.29, 0.717) is 18.0 Å². The second kappa shape index (κ2) is 9.01. The lowest BCUT2D eigenvalue weighted by Gasteiger charge is -2.19. The number of rotatable bonds is 6. The summed E-state index contributed by atoms with van der Waals surface area (Å²) in [5, 5.41) is 22.6. The number of nitro benzene ring substituents is 1. The van der Waals surface area contributed by atoms with Gasteiger partial charge in [0.2, 0.25) is 11.0 Å². The number of para-hydroxylation sites is 1. The summed E-state index contributed by atoms with van der Waals surface area (Å²) in [6.45, 7) is 2.54. The van der Waals surface area contributed by atoms with Crippen LogP contribution in [0.5, 0.6) is 0 Å². The zero-order chi connectivity index (χ0) is 22.8. The molecule has 0 bridgehead atoms. The highest BCUT2D eigenvalue weighted by molar-refractivity contribution is 7.15. The maximum atomic E-state index is 12.7. The fourth-order valence-corrected chi connectivity index (χ4v) is 4.61. The minimum absolute atomic E-state index is 0.0187. The van der Waals surface area contributed by atoms with Crippen molar-refractivity contribution >= 4 is 51.3 Å². The number of anilines is 2. The third-order valence-electron chi connectivity index (χ3n) is 5.20. The van der Waals surface area contributed by atoms with E-state index < -0.39 is 10.8 Å². The summed E-state index contributed by atoms with van der Waals surface area (Å²) in [7, 11) is 0. The maximum absolute atomic E-state index is 12.7. The van der Waals surface area contributed by atoms with Crippen molar-refractivity contribution in [2.24, 2.45) is 0 Å². The summed E-state index contributed by atoms with van der Waals surface area (Å²) < 4.78 is 0. The Labute approximate surface area is 192 Å². The molecule has 1 atom stereocenters. The number of aryl methyl sites for hydroxylation is 1. The average molecular weight is 472 g/mol. The summed E-state index contributed by atoms with van der Waals surface area (Å²) in [5.41, 5.74) is 1.74. The molecule has 1 N–H and O–H groups in total. The summed E-state index contributed by atoms with van der Waals surface area (Å²) in [5.74, 6) is -0.675. The molecule has 4 rings (SSSR count). The van der Waals surface area contributed by atoms with E-state index in [1.807, 2.05) is 31.2 Å². The second-order valence-corrected chi connectivity index (χ2v) is 8.63. The van der Waals surface area contributed by atoms with Crippen LogP contribution < -0.4 is 10.2 Å². The minimum Gasteiger partial charge on any atom is -0.311 e. The summed E-state index contributed by atoms with van der Waals surface area (Å²) >= 11 is 6.98. The van der Waals surface area contributed by atoms with Crippen molar-refractivity contribution in [2.45, 2.75) is 25.7 Å². The molecule has 1 unspecified atom stereocenters. The molecule has 0 aliphatic carbocycles. The van der Waals surface area contributed by atoms with Gasteiger partial charge in [-0.25, -0.2) is 0 Å². The maximum Gasteiger partial charge on any atom is 0.288 e. The molecule has 32 heavy (non-hydrogen) atoms. The third kappa shape index (κ3) is 4.32. The van der Waals surface area contributed by atoms with E-state index >= 15 is 0 Å². The van der Waals surface area contributed by atoms with Crippen LogP contribution in [0.2, 0.25) is 5.02 Å². The number of nitrogens with zero attached hydrogens (tertiary/aromatic N) is 4. The first kappa shape index (κ1) is 21.8. The third-order valence-corrected chi connectivity index (χ3v) is 6.52. The minimum atomic E-state index is -0.651. The Morgan fingerprint density at radius 1 is 1.31 bits per heavy atom. The molecule has 1 aliphatic heterocycles. The van der Waals surface area contributed by atoms with Crippen LogP contribution >= 0.6 is 22.9 Å². The van der Waals surface area contributed by atoms with Gasteiger partial charge in [0.25, 0.3) is 11.6 Å². The Kier molecular flexibility index (Phi) is 6.15. The van der Waals surface area contributed by atoms with Gasteiger partial charge in [-0.2, -0.15) is 0 Å². The van der Waals surface area contributed by atoms with Crippen molar-refractivity contribution < 1.29 is 14.5 Å². The molecule has 164 valence electrons. The van der Waals surface area contributed by atoms with E-state index in [1.54, 1.807) is 4.90 Å². The molecular formula is C21H18ClN5O4S. The fraction of sp³-hybridized carbons (Fsp3) is 0.238. The van der Waals surface area contributed by atoms with Crippen molar-refractivity contribution in [1.29, 1.82) is 0 Å². The van der Waals surface area contributed by atoms with E-state index in [0.717, 1.165) is 23.7 Å². The topological polar surface area (TPSA) is 118 Å². The van der Waals surface area contributed by atoms with Gasteiger partial charge in [0.15, 0.2) is 0 Å². The van der Waals surface area contributed by atoms with Crippen LogP contribution in [0, 0.1) is 10.1 Å². The molecule has 11 heteroatoms. The SMILES string of the molecule is CCc1ccccc1N1CC(c2nnc(NC(=O)c3ccc(Cl)c([N+](=O)[O-])c3)s2)CC1=O. The van der Waals surface area contributed by atoms with Gasteiger partial charge in [0.1, 0.15) is 10.0 Å². The Morgan fingerprint density at radius 3 is 2.84 bits per heavy atom. The molecule has 1 aliphatic rings. The van der Waals surface area contributed by atoms with Crippen molar-refractivity contribution in [2.75, 3.05) is 16.8 Å². The predicted molar refractivity (Wildman–Crippen MR) is 121 cm³/mol. The van der Waals surface area contributed by atoms with Gasteiger partial charge in [-0.3, -0.25) is 25.0 Å². The smallest absolute Gasteiger partial charge is 0.288 e. The molecule has 1 aromatic heterocycles. The largest absolute Gasteiger partial charge is 0.311 e. The first-order chi connectivity index (χ1) is 15.4. The number of carbonyl (C=O) groups excluding carboxylic acids is 2. The number of hydrogen-bond donors (Lipinski definition) is 1. The first-order valence-corrected chi connectivity index (χ1v) is 11.0. The highest BCUT2D eigenvalue weighted by Gasteiger charge is 2.34. The molecule has 0 spiro atoms. The van der Waals surface area contributed by atoms with Crippen LogP contribution in [0.25, 0.3) is 0 Å². The van der Waals surface area contributed by atoms with E-state index in [-0.39, 0.29) is 33.2 Å². The molecule has 0 saturated carbocycles. The average Bonchev–Trinajstić information content (AvgIpc) is 3.40. The van der Waals surface area contributed by atoms with Crippen LogP contribution in [-0.4, -0.2) is 33.5 Å². The highest BCUT2D eigenvalue weighted by Crippen LogP contribution is 2.35. The lowest BCUT2D eigenvalue weighted by atomic mass is 10.1. The predicted octanol–water partition coefficient (Wildman–Crippen LogP) is 4.43. The van der Waals surface area contributed by atoms with Crippen molar-refractivity contribution in [3.8, 4) is 0 Å². The van der Waals surface area contributed by atoms with Gasteiger partial charge in [-0.1, -0.05) is 48.1 Å². The van der Waals surface area contributed by atoms with Crippen molar-refractivity contribution in [3.05, 3.63) is 73.7 Å². The quantitative estimate of drug-likeness (QED) is 0.419. The fourth-order valence-electron chi connectivity index (χ4n) is 3.59. The molecule has 3 aromatic rings. The molecular weight excluding hydrogens is 454 g/mol. The summed E-state index contributed by atoms with van der Waals surface area (Å²) in [6.07, 6.45) is 1.13. The molecule has 0 radical (unpaired) electrons. The Hall–Kier alpha value is -3.37. The van der Waals surface area contributed by atoms with Crippen molar-refractivity contribution in [3.63, 3.8) is 0 Å². The van der Waals surface area contributed by atoms with Gasteiger partial charge in [-0.05, 0) is 30.2 Å². The molecule has 1 saturated heterocycles. The Bertz CT molecular complexity index is 1210. The molecule has 1 fully saturated rings. The van der Waals surface area contributed by atoms with Crippen LogP contribution in [-0.2, 0) is 11.2 Å². The molecule has 2 heterocycles. The van der Waals surface area contributed by atoms with Gasteiger partial charge < -0.3 is 4.90 Å². The monoisotopic (exact) mass is 471 g/mol. The van der Waals surface area contributed by atoms with Gasteiger partial charge in [0, 0.05) is 36.2 Å². The number of nitro groups is 1. The Balaban J connectivity index is 1.47. The number of halogens is 1. The number of nitrogens with one attached hydrogen (secondary N) is 1. The van der Waals surface area contributed by atoms with Gasteiger partial charge >= 0.3 is 0 Å². The number of hydrogen-bond acceptors (Lipinski definition) is 7. The van der Waals surface area contributed by atoms with Crippen LogP contribution in [0.1, 0.15) is 40.2 Å². The number of carbonyl (C=O) groups is 2. The summed E-state index contributed by atoms with van der Waals surface area (Å²) in [4.78, 5) is 37.3. The molecule has 2 amide bonds. The zero-order valence-corrected chi connectivity index (χ0v) is 18.5. The zero-order valence-electron chi connectivity index (χ0n) is 16.9. The van der Waals surface area contributed by atoms with Crippen LogP contribution in [0.15, 0.2) is 42.5 Å². The number of aromatic nitrogens is 2. The van der Waals surface area contributed by atoms with E-state index in [1.165, 1.54) is 23.5 Å². The normalized spacial score (nSPS) is 15.8. The standard InChI is InChI=1S/C21H18ClN5O4S/c1-2-12-5-3-4-6-16(12)26-11-14(10-18(26)28)20-24-25-21(32-20)23-19(29)13-7-8-15(22)17(9-13)27(30)31/h3-9,14H,2,10-11H2,1H3,(H,23,25,29). The number of amides is 2. The lowest BCUT2D eigenvalue weighted by molar-refractivity contribution is -0.384. The van der Waals surface area contributed by atoms with Gasteiger partial charge in [0.05, 0.1) is 4.92 Å². The lowest BCUT2D eigenvalue weighted by Crippen LogP contribution is -2.25.